The van der Waals surface area contributed by atoms with Gasteiger partial charge in [0.15, 0.2) is 0 Å². The van der Waals surface area contributed by atoms with E-state index in [4.69, 9.17) is 5.73 Å². The molecule has 0 spiro atoms. The number of amides is 1. The van der Waals surface area contributed by atoms with Crippen LogP contribution in [0.2, 0.25) is 0 Å². The number of anilines is 2. The average Bonchev–Trinajstić information content (AvgIpc) is 2.70. The first-order valence-corrected chi connectivity index (χ1v) is 6.34. The van der Waals surface area contributed by atoms with Crippen LogP contribution in [0.4, 0.5) is 15.8 Å². The monoisotopic (exact) mass is 314 g/mol. The molecule has 2 aromatic rings. The van der Waals surface area contributed by atoms with E-state index in [1.165, 1.54) is 29.5 Å². The molecular weight excluding hydrogens is 307 g/mol. The minimum Gasteiger partial charge on any atom is -0.397 e. The second kappa shape index (κ2) is 4.85. The number of hydrogen-bond donors (Lipinski definition) is 2. The molecule has 1 aromatic heterocycles. The van der Waals surface area contributed by atoms with Crippen LogP contribution < -0.4 is 11.1 Å². The van der Waals surface area contributed by atoms with E-state index in [0.29, 0.717) is 11.3 Å². The fourth-order valence-electron chi connectivity index (χ4n) is 1.26. The van der Waals surface area contributed by atoms with Gasteiger partial charge in [0.1, 0.15) is 5.82 Å². The number of thiophene rings is 1. The Morgan fingerprint density at radius 2 is 2.18 bits per heavy atom. The molecule has 3 N–H and O–H groups in total. The fraction of sp³-hybridized carbons (Fsp3) is 0. The summed E-state index contributed by atoms with van der Waals surface area (Å²) in [5.74, 6) is -0.759. The zero-order valence-electron chi connectivity index (χ0n) is 8.54. The standard InChI is InChI=1S/C11H8BrFN2OS/c12-10-3-6(5-17-10)11(16)15-9-4-7(13)1-2-8(9)14/h1-5H,14H2,(H,15,16). The summed E-state index contributed by atoms with van der Waals surface area (Å²) in [6, 6.07) is 5.53. The molecule has 3 nitrogen and oxygen atoms in total. The Balaban J connectivity index is 2.21. The number of carbonyl (C=O) groups is 1. The van der Waals surface area contributed by atoms with Crippen molar-refractivity contribution in [3.05, 3.63) is 44.8 Å². The quantitative estimate of drug-likeness (QED) is 0.834. The number of carbonyl (C=O) groups excluding carboxylic acids is 1. The molecule has 0 unspecified atom stereocenters. The number of nitrogens with one attached hydrogen (secondary N) is 1. The van der Waals surface area contributed by atoms with Crippen molar-refractivity contribution < 1.29 is 9.18 Å². The van der Waals surface area contributed by atoms with Gasteiger partial charge in [-0.25, -0.2) is 4.39 Å². The summed E-state index contributed by atoms with van der Waals surface area (Å²) >= 11 is 4.67. The number of hydrogen-bond acceptors (Lipinski definition) is 3. The van der Waals surface area contributed by atoms with Gasteiger partial charge in [-0.3, -0.25) is 4.79 Å². The van der Waals surface area contributed by atoms with Crippen molar-refractivity contribution >= 4 is 44.5 Å². The molecule has 1 heterocycles. The maximum absolute atomic E-state index is 13.0. The second-order valence-electron chi connectivity index (χ2n) is 3.33. The van der Waals surface area contributed by atoms with Gasteiger partial charge < -0.3 is 11.1 Å². The molecule has 0 aliphatic carbocycles. The first-order chi connectivity index (χ1) is 8.06. The highest BCUT2D eigenvalue weighted by atomic mass is 79.9. The first kappa shape index (κ1) is 12.1. The van der Waals surface area contributed by atoms with Gasteiger partial charge in [-0.15, -0.1) is 11.3 Å². The molecule has 0 radical (unpaired) electrons. The summed E-state index contributed by atoms with van der Waals surface area (Å²) in [4.78, 5) is 11.8. The van der Waals surface area contributed by atoms with Crippen LogP contribution >= 0.6 is 27.3 Å². The topological polar surface area (TPSA) is 55.1 Å². The number of halogens is 2. The highest BCUT2D eigenvalue weighted by Gasteiger charge is 2.10. The van der Waals surface area contributed by atoms with Crippen LogP contribution in [-0.4, -0.2) is 5.91 Å². The summed E-state index contributed by atoms with van der Waals surface area (Å²) in [6.45, 7) is 0. The van der Waals surface area contributed by atoms with Crippen LogP contribution in [0.1, 0.15) is 10.4 Å². The van der Waals surface area contributed by atoms with E-state index in [-0.39, 0.29) is 11.6 Å². The summed E-state index contributed by atoms with van der Waals surface area (Å²) < 4.78 is 13.8. The van der Waals surface area contributed by atoms with Gasteiger partial charge in [-0.1, -0.05) is 0 Å². The van der Waals surface area contributed by atoms with Crippen molar-refractivity contribution in [2.45, 2.75) is 0 Å². The van der Waals surface area contributed by atoms with E-state index < -0.39 is 5.82 Å². The van der Waals surface area contributed by atoms with Crippen molar-refractivity contribution in [1.29, 1.82) is 0 Å². The first-order valence-electron chi connectivity index (χ1n) is 4.66. The van der Waals surface area contributed by atoms with E-state index in [9.17, 15) is 9.18 Å². The van der Waals surface area contributed by atoms with E-state index in [2.05, 4.69) is 21.2 Å². The number of nitrogens with two attached hydrogens (primary N) is 1. The van der Waals surface area contributed by atoms with Gasteiger partial charge >= 0.3 is 0 Å². The Hall–Kier alpha value is -1.40. The van der Waals surface area contributed by atoms with Crippen molar-refractivity contribution in [3.8, 4) is 0 Å². The van der Waals surface area contributed by atoms with Crippen molar-refractivity contribution in [1.82, 2.24) is 0 Å². The largest absolute Gasteiger partial charge is 0.397 e. The summed E-state index contributed by atoms with van der Waals surface area (Å²) in [5, 5.41) is 4.27. The molecule has 0 saturated carbocycles. The maximum atomic E-state index is 13.0. The SMILES string of the molecule is Nc1ccc(F)cc1NC(=O)c1csc(Br)c1. The molecule has 0 aliphatic rings. The van der Waals surface area contributed by atoms with Crippen LogP contribution in [0.5, 0.6) is 0 Å². The van der Waals surface area contributed by atoms with E-state index in [1.54, 1.807) is 11.4 Å². The van der Waals surface area contributed by atoms with Crippen LogP contribution in [0, 0.1) is 5.82 Å². The number of rotatable bonds is 2. The predicted molar refractivity (Wildman–Crippen MR) is 70.8 cm³/mol. The molecule has 0 saturated heterocycles. The summed E-state index contributed by atoms with van der Waals surface area (Å²) in [5.41, 5.74) is 6.74. The molecule has 2 rings (SSSR count). The van der Waals surface area contributed by atoms with Gasteiger partial charge in [0.2, 0.25) is 0 Å². The molecule has 0 bridgehead atoms. The molecule has 88 valence electrons. The summed E-state index contributed by atoms with van der Waals surface area (Å²) in [6.07, 6.45) is 0. The number of nitrogen functional groups attached to an aromatic ring is 1. The molecular formula is C11H8BrFN2OS. The molecule has 0 aliphatic heterocycles. The molecule has 1 amide bonds. The van der Waals surface area contributed by atoms with Crippen LogP contribution in [0.15, 0.2) is 33.4 Å². The third kappa shape index (κ3) is 2.83. The van der Waals surface area contributed by atoms with Crippen LogP contribution in [0.25, 0.3) is 0 Å². The molecule has 1 aromatic carbocycles. The van der Waals surface area contributed by atoms with E-state index in [0.717, 1.165) is 3.79 Å². The van der Waals surface area contributed by atoms with Crippen molar-refractivity contribution in [3.63, 3.8) is 0 Å². The minimum atomic E-state index is -0.444. The fourth-order valence-corrected chi connectivity index (χ4v) is 2.40. The van der Waals surface area contributed by atoms with Crippen LogP contribution in [0.3, 0.4) is 0 Å². The lowest BCUT2D eigenvalue weighted by Crippen LogP contribution is -2.12. The highest BCUT2D eigenvalue weighted by Crippen LogP contribution is 2.23. The molecule has 0 atom stereocenters. The maximum Gasteiger partial charge on any atom is 0.256 e. The van der Waals surface area contributed by atoms with Gasteiger partial charge in [0, 0.05) is 5.38 Å². The lowest BCUT2D eigenvalue weighted by atomic mass is 10.2. The third-order valence-electron chi connectivity index (χ3n) is 2.09. The second-order valence-corrected chi connectivity index (χ2v) is 5.62. The lowest BCUT2D eigenvalue weighted by molar-refractivity contribution is 0.102. The Kier molecular flexibility index (Phi) is 3.44. The van der Waals surface area contributed by atoms with E-state index >= 15 is 0 Å². The Bertz CT molecular complexity index is 570. The normalized spacial score (nSPS) is 10.2. The minimum absolute atomic E-state index is 0.275. The Morgan fingerprint density at radius 3 is 2.82 bits per heavy atom. The van der Waals surface area contributed by atoms with Gasteiger partial charge in [-0.05, 0) is 40.2 Å². The zero-order chi connectivity index (χ0) is 12.4. The Labute approximate surface area is 110 Å². The molecule has 17 heavy (non-hydrogen) atoms. The smallest absolute Gasteiger partial charge is 0.256 e. The Morgan fingerprint density at radius 1 is 1.41 bits per heavy atom. The zero-order valence-corrected chi connectivity index (χ0v) is 10.9. The van der Waals surface area contributed by atoms with Crippen molar-refractivity contribution in [2.75, 3.05) is 11.1 Å². The van der Waals surface area contributed by atoms with Crippen molar-refractivity contribution in [2.24, 2.45) is 0 Å². The molecule has 6 heteroatoms. The van der Waals surface area contributed by atoms with Crippen LogP contribution in [-0.2, 0) is 0 Å². The van der Waals surface area contributed by atoms with Gasteiger partial charge in [0.05, 0.1) is 20.7 Å². The third-order valence-corrected chi connectivity index (χ3v) is 3.60. The predicted octanol–water partition coefficient (Wildman–Crippen LogP) is 3.48. The lowest BCUT2D eigenvalue weighted by Gasteiger charge is -2.06. The highest BCUT2D eigenvalue weighted by molar-refractivity contribution is 9.11. The van der Waals surface area contributed by atoms with Gasteiger partial charge in [0.25, 0.3) is 5.91 Å². The van der Waals surface area contributed by atoms with Gasteiger partial charge in [-0.2, -0.15) is 0 Å². The number of benzene rings is 1. The van der Waals surface area contributed by atoms with E-state index in [1.807, 2.05) is 0 Å². The average molecular weight is 315 g/mol. The molecule has 0 fully saturated rings. The summed E-state index contributed by atoms with van der Waals surface area (Å²) in [7, 11) is 0.